The van der Waals surface area contributed by atoms with E-state index in [4.69, 9.17) is 0 Å². The van der Waals surface area contributed by atoms with Crippen molar-refractivity contribution in [2.24, 2.45) is 11.8 Å². The van der Waals surface area contributed by atoms with Gasteiger partial charge in [-0.1, -0.05) is 0 Å². The number of nitrogens with one attached hydrogen (secondary N) is 3. The Morgan fingerprint density at radius 1 is 1.05 bits per heavy atom. The summed E-state index contributed by atoms with van der Waals surface area (Å²) in [6, 6.07) is 11.4. The number of hydrogen-bond donors (Lipinski definition) is 3. The number of rotatable bonds is 7. The Morgan fingerprint density at radius 3 is 2.64 bits per heavy atom. The zero-order valence-corrected chi connectivity index (χ0v) is 23.7. The largest absolute Gasteiger partial charge is 0.382 e. The van der Waals surface area contributed by atoms with Crippen LogP contribution in [0.15, 0.2) is 48.1 Å². The summed E-state index contributed by atoms with van der Waals surface area (Å²) >= 11 is 1.48. The molecular weight excluding hydrogens is 506 g/mol. The monoisotopic (exact) mass is 545 g/mol. The van der Waals surface area contributed by atoms with Gasteiger partial charge in [0.15, 0.2) is 0 Å². The maximum atomic E-state index is 13.4. The van der Waals surface area contributed by atoms with Crippen LogP contribution in [0.25, 0.3) is 10.6 Å². The summed E-state index contributed by atoms with van der Waals surface area (Å²) in [5.41, 5.74) is 4.42. The molecule has 1 amide bonds. The molecule has 3 saturated heterocycles. The van der Waals surface area contributed by atoms with Crippen molar-refractivity contribution in [1.82, 2.24) is 20.2 Å². The predicted molar refractivity (Wildman–Crippen MR) is 160 cm³/mol. The van der Waals surface area contributed by atoms with Crippen molar-refractivity contribution in [3.05, 3.63) is 53.8 Å². The van der Waals surface area contributed by atoms with Gasteiger partial charge in [0.05, 0.1) is 11.4 Å². The van der Waals surface area contributed by atoms with Crippen LogP contribution in [-0.2, 0) is 0 Å². The van der Waals surface area contributed by atoms with Gasteiger partial charge >= 0.3 is 0 Å². The van der Waals surface area contributed by atoms with Crippen LogP contribution in [-0.4, -0.2) is 72.1 Å². The van der Waals surface area contributed by atoms with Gasteiger partial charge < -0.3 is 25.8 Å². The number of benzene rings is 1. The van der Waals surface area contributed by atoms with E-state index in [-0.39, 0.29) is 5.91 Å². The molecule has 0 aliphatic carbocycles. The van der Waals surface area contributed by atoms with E-state index < -0.39 is 0 Å². The molecule has 0 bridgehead atoms. The second-order valence-corrected chi connectivity index (χ2v) is 12.3. The number of likely N-dealkylation sites (tertiary alicyclic amines) is 1. The third-order valence-corrected chi connectivity index (χ3v) is 9.48. The summed E-state index contributed by atoms with van der Waals surface area (Å²) < 4.78 is 0. The molecule has 3 N–H and O–H groups in total. The Bertz CT molecular complexity index is 1270. The van der Waals surface area contributed by atoms with E-state index in [0.29, 0.717) is 23.7 Å². The smallest absolute Gasteiger partial charge is 0.275 e. The SMILES string of the molecule is CC(C)N1CCC(Nc2ccc(N3CCC4CNCC4C3)c(NC(=O)c3csc(-c4ccncc4)n3)c2)CC1. The topological polar surface area (TPSA) is 85.4 Å². The quantitative estimate of drug-likeness (QED) is 0.394. The van der Waals surface area contributed by atoms with E-state index in [9.17, 15) is 4.79 Å². The first-order valence-corrected chi connectivity index (χ1v) is 15.2. The minimum atomic E-state index is -0.174. The highest BCUT2D eigenvalue weighted by atomic mass is 32.1. The molecule has 2 aromatic heterocycles. The first-order chi connectivity index (χ1) is 19.0. The number of aromatic nitrogens is 2. The van der Waals surface area contributed by atoms with Crippen LogP contribution in [0.3, 0.4) is 0 Å². The number of anilines is 3. The summed E-state index contributed by atoms with van der Waals surface area (Å²) in [5, 5.41) is 13.2. The highest BCUT2D eigenvalue weighted by molar-refractivity contribution is 7.13. The predicted octanol–water partition coefficient (Wildman–Crippen LogP) is 4.79. The van der Waals surface area contributed by atoms with E-state index in [1.54, 1.807) is 12.4 Å². The van der Waals surface area contributed by atoms with Crippen LogP contribution in [0.2, 0.25) is 0 Å². The zero-order valence-electron chi connectivity index (χ0n) is 22.9. The molecular formula is C30H39N7OS. The summed E-state index contributed by atoms with van der Waals surface area (Å²) in [7, 11) is 0. The molecule has 2 unspecified atom stereocenters. The first-order valence-electron chi connectivity index (χ1n) is 14.3. The van der Waals surface area contributed by atoms with Gasteiger partial charge in [0, 0.05) is 67.3 Å². The van der Waals surface area contributed by atoms with Crippen LogP contribution in [0.4, 0.5) is 17.1 Å². The van der Waals surface area contributed by atoms with Crippen molar-refractivity contribution in [1.29, 1.82) is 0 Å². The molecule has 6 rings (SSSR count). The fraction of sp³-hybridized carbons (Fsp3) is 0.500. The highest BCUT2D eigenvalue weighted by Crippen LogP contribution is 2.36. The second kappa shape index (κ2) is 11.6. The number of nitrogens with zero attached hydrogens (tertiary/aromatic N) is 4. The molecule has 8 nitrogen and oxygen atoms in total. The van der Waals surface area contributed by atoms with Gasteiger partial charge in [0.25, 0.3) is 5.91 Å². The number of carbonyl (C=O) groups excluding carboxylic acids is 1. The molecule has 2 atom stereocenters. The van der Waals surface area contributed by atoms with E-state index in [0.717, 1.165) is 85.7 Å². The number of thiazole rings is 1. The van der Waals surface area contributed by atoms with Crippen molar-refractivity contribution in [2.45, 2.75) is 45.2 Å². The van der Waals surface area contributed by atoms with Crippen molar-refractivity contribution < 1.29 is 4.79 Å². The van der Waals surface area contributed by atoms with Crippen LogP contribution in [0.1, 0.15) is 43.6 Å². The average Bonchev–Trinajstić information content (AvgIpc) is 3.64. The van der Waals surface area contributed by atoms with E-state index >= 15 is 0 Å². The third kappa shape index (κ3) is 5.95. The lowest BCUT2D eigenvalue weighted by molar-refractivity contribution is 0.102. The Labute approximate surface area is 235 Å². The molecule has 3 aromatic rings. The van der Waals surface area contributed by atoms with E-state index in [1.807, 2.05) is 17.5 Å². The molecule has 206 valence electrons. The number of pyridine rings is 1. The molecule has 3 aliphatic heterocycles. The Morgan fingerprint density at radius 2 is 1.85 bits per heavy atom. The van der Waals surface area contributed by atoms with Gasteiger partial charge in [-0.15, -0.1) is 11.3 Å². The molecule has 3 aliphatic rings. The lowest BCUT2D eigenvalue weighted by atomic mass is 9.88. The minimum Gasteiger partial charge on any atom is -0.382 e. The molecule has 0 spiro atoms. The Kier molecular flexibility index (Phi) is 7.81. The number of amides is 1. The van der Waals surface area contributed by atoms with Crippen molar-refractivity contribution in [3.8, 4) is 10.6 Å². The van der Waals surface area contributed by atoms with Gasteiger partial charge in [-0.2, -0.15) is 0 Å². The van der Waals surface area contributed by atoms with Gasteiger partial charge in [-0.25, -0.2) is 4.98 Å². The van der Waals surface area contributed by atoms with Gasteiger partial charge in [-0.05, 0) is 88.4 Å². The standard InChI is InChI=1S/C30H39N7OS/c1-20(2)36-13-8-24(9-14-36)33-25-3-4-28(37-12-7-22-16-32-17-23(22)18-37)26(15-25)34-29(38)27-19-39-30(35-27)21-5-10-31-11-6-21/h3-6,10-11,15,19-20,22-24,32-33H,7-9,12-14,16-18H2,1-2H3,(H,34,38). The molecule has 5 heterocycles. The Balaban J connectivity index is 1.22. The molecule has 1 aromatic carbocycles. The van der Waals surface area contributed by atoms with Crippen LogP contribution in [0.5, 0.6) is 0 Å². The molecule has 0 saturated carbocycles. The lowest BCUT2D eigenvalue weighted by Gasteiger charge is -2.37. The van der Waals surface area contributed by atoms with Gasteiger partial charge in [0.2, 0.25) is 0 Å². The second-order valence-electron chi connectivity index (χ2n) is 11.4. The average molecular weight is 546 g/mol. The summed E-state index contributed by atoms with van der Waals surface area (Å²) in [6.45, 7) is 11.0. The van der Waals surface area contributed by atoms with Crippen molar-refractivity contribution in [2.75, 3.05) is 54.8 Å². The van der Waals surface area contributed by atoms with E-state index in [2.05, 4.69) is 67.8 Å². The van der Waals surface area contributed by atoms with Crippen molar-refractivity contribution in [3.63, 3.8) is 0 Å². The number of fused-ring (bicyclic) bond motifs is 1. The summed E-state index contributed by atoms with van der Waals surface area (Å²) in [6.07, 6.45) is 6.93. The summed E-state index contributed by atoms with van der Waals surface area (Å²) in [4.78, 5) is 27.2. The summed E-state index contributed by atoms with van der Waals surface area (Å²) in [5.74, 6) is 1.25. The normalized spacial score (nSPS) is 22.2. The molecule has 3 fully saturated rings. The third-order valence-electron chi connectivity index (χ3n) is 8.58. The van der Waals surface area contributed by atoms with E-state index in [1.165, 1.54) is 17.8 Å². The molecule has 39 heavy (non-hydrogen) atoms. The number of carbonyl (C=O) groups is 1. The minimum absolute atomic E-state index is 0.174. The van der Waals surface area contributed by atoms with Crippen LogP contribution < -0.4 is 20.9 Å². The maximum absolute atomic E-state index is 13.4. The zero-order chi connectivity index (χ0) is 26.8. The first kappa shape index (κ1) is 26.2. The molecule has 9 heteroatoms. The lowest BCUT2D eigenvalue weighted by Crippen LogP contribution is -2.42. The van der Waals surface area contributed by atoms with Crippen LogP contribution in [0, 0.1) is 11.8 Å². The van der Waals surface area contributed by atoms with Crippen molar-refractivity contribution >= 4 is 34.3 Å². The Hall–Kier alpha value is -3.01. The van der Waals surface area contributed by atoms with Gasteiger partial charge in [0.1, 0.15) is 10.7 Å². The number of hydrogen-bond acceptors (Lipinski definition) is 8. The number of piperidine rings is 2. The molecule has 0 radical (unpaired) electrons. The fourth-order valence-corrected chi connectivity index (χ4v) is 7.05. The van der Waals surface area contributed by atoms with Crippen LogP contribution >= 0.6 is 11.3 Å². The maximum Gasteiger partial charge on any atom is 0.275 e. The fourth-order valence-electron chi connectivity index (χ4n) is 6.24. The van der Waals surface area contributed by atoms with Gasteiger partial charge in [-0.3, -0.25) is 9.78 Å². The highest BCUT2D eigenvalue weighted by Gasteiger charge is 2.33.